The van der Waals surface area contributed by atoms with Crippen LogP contribution in [-0.2, 0) is 9.59 Å². The molecule has 4 heterocycles. The van der Waals surface area contributed by atoms with Crippen molar-refractivity contribution < 1.29 is 24.8 Å². The van der Waals surface area contributed by atoms with Crippen molar-refractivity contribution in [2.24, 2.45) is 5.92 Å². The number of aromatic amines is 1. The van der Waals surface area contributed by atoms with E-state index in [1.807, 2.05) is 65.7 Å². The summed E-state index contributed by atoms with van der Waals surface area (Å²) in [7, 11) is 0. The van der Waals surface area contributed by atoms with E-state index in [0.29, 0.717) is 61.2 Å². The third-order valence-corrected chi connectivity index (χ3v) is 9.93. The lowest BCUT2D eigenvalue weighted by Gasteiger charge is -2.21. The Morgan fingerprint density at radius 3 is 2.62 bits per heavy atom. The van der Waals surface area contributed by atoms with Crippen molar-refractivity contribution in [3.63, 3.8) is 0 Å². The highest BCUT2D eigenvalue weighted by atomic mass is 16.5. The average Bonchev–Trinajstić information content (AvgIpc) is 3.96. The molecule has 13 heteroatoms. The molecule has 1 saturated carbocycles. The van der Waals surface area contributed by atoms with Gasteiger partial charge in [-0.2, -0.15) is 15.3 Å². The minimum atomic E-state index is -0.316. The fourth-order valence-corrected chi connectivity index (χ4v) is 7.13. The Hall–Kier alpha value is -6.03. The van der Waals surface area contributed by atoms with Gasteiger partial charge in [-0.25, -0.2) is 4.98 Å². The van der Waals surface area contributed by atoms with Crippen LogP contribution in [0.1, 0.15) is 91.4 Å². The van der Waals surface area contributed by atoms with Crippen LogP contribution in [-0.4, -0.2) is 55.6 Å². The quantitative estimate of drug-likeness (QED) is 0.0680. The molecule has 0 radical (unpaired) electrons. The molecule has 13 nitrogen and oxygen atoms in total. The number of anilines is 2. The maximum absolute atomic E-state index is 12.8. The van der Waals surface area contributed by atoms with Crippen LogP contribution in [0.5, 0.6) is 5.75 Å². The van der Waals surface area contributed by atoms with Crippen LogP contribution in [0.25, 0.3) is 22.3 Å². The summed E-state index contributed by atoms with van der Waals surface area (Å²) in [6, 6.07) is 18.9. The minimum absolute atomic E-state index is 0. The van der Waals surface area contributed by atoms with Gasteiger partial charge in [-0.1, -0.05) is 25.0 Å². The summed E-state index contributed by atoms with van der Waals surface area (Å²) < 4.78 is 7.77. The first kappa shape index (κ1) is 34.4. The number of benzene rings is 2. The molecule has 3 amide bonds. The minimum Gasteiger partial charge on any atom is -0.494 e. The van der Waals surface area contributed by atoms with Gasteiger partial charge in [-0.05, 0) is 86.1 Å². The number of rotatable bonds is 14. The third-order valence-electron chi connectivity index (χ3n) is 9.93. The molecule has 52 heavy (non-hydrogen) atoms. The van der Waals surface area contributed by atoms with Gasteiger partial charge in [0.1, 0.15) is 11.4 Å². The van der Waals surface area contributed by atoms with Gasteiger partial charge >= 0.3 is 0 Å². The van der Waals surface area contributed by atoms with Crippen LogP contribution in [0, 0.1) is 17.2 Å². The van der Waals surface area contributed by atoms with Crippen LogP contribution >= 0.6 is 0 Å². The molecule has 5 aromatic rings. The fourth-order valence-electron chi connectivity index (χ4n) is 7.13. The smallest absolute Gasteiger partial charge is 0.251 e. The molecule has 1 saturated heterocycles. The molecule has 7 rings (SSSR count). The number of ether oxygens (including phenoxy) is 1. The Morgan fingerprint density at radius 2 is 1.85 bits per heavy atom. The number of unbranched alkanes of at least 4 members (excludes halogenated alkanes) is 1. The topological polar surface area (TPSA) is 180 Å². The fraction of sp³-hybridized carbons (Fsp3) is 0.359. The van der Waals surface area contributed by atoms with Gasteiger partial charge in [0.25, 0.3) is 5.91 Å². The Balaban J connectivity index is 0.00000210. The largest absolute Gasteiger partial charge is 0.494 e. The first-order valence-corrected chi connectivity index (χ1v) is 17.9. The third kappa shape index (κ3) is 7.96. The highest BCUT2D eigenvalue weighted by molar-refractivity contribution is 6.01. The van der Waals surface area contributed by atoms with Gasteiger partial charge in [0.2, 0.25) is 17.8 Å². The van der Waals surface area contributed by atoms with E-state index in [9.17, 15) is 19.6 Å². The first-order valence-electron chi connectivity index (χ1n) is 17.9. The van der Waals surface area contributed by atoms with E-state index in [1.54, 1.807) is 12.1 Å². The number of fused-ring (bicyclic) bond motifs is 1. The number of carbonyl (C=O) groups is 3. The van der Waals surface area contributed by atoms with Gasteiger partial charge in [-0.3, -0.25) is 24.4 Å². The molecule has 2 fully saturated rings. The Morgan fingerprint density at radius 1 is 1.04 bits per heavy atom. The van der Waals surface area contributed by atoms with Crippen LogP contribution < -0.4 is 20.7 Å². The van der Waals surface area contributed by atoms with Gasteiger partial charge < -0.3 is 20.4 Å². The molecule has 0 spiro atoms. The summed E-state index contributed by atoms with van der Waals surface area (Å²) in [5.74, 6) is 0.620. The lowest BCUT2D eigenvalue weighted by atomic mass is 9.90. The Kier molecular flexibility index (Phi) is 10.5. The predicted octanol–water partition coefficient (Wildman–Crippen LogP) is 7.30. The van der Waals surface area contributed by atoms with Gasteiger partial charge in [0.05, 0.1) is 42.9 Å². The van der Waals surface area contributed by atoms with Crippen molar-refractivity contribution in [2.45, 2.75) is 69.7 Å². The molecular weight excluding hydrogens is 658 g/mol. The SMILES string of the molecule is N#CC[C@H](C1CCCC1)n1cc(-c2nc(Nc3ccc(C(=O)NCCCCOc4ccc(C5CCC(=O)NC5=O)cc4)cc3)nc3[nH]ccc23)cn1.[HH].[HH].[HH].[HH]. The second kappa shape index (κ2) is 15.9. The van der Waals surface area contributed by atoms with E-state index in [0.717, 1.165) is 53.6 Å². The molecule has 1 unspecified atom stereocenters. The van der Waals surface area contributed by atoms with Crippen LogP contribution in [0.4, 0.5) is 11.6 Å². The van der Waals surface area contributed by atoms with Crippen molar-refractivity contribution >= 4 is 40.4 Å². The number of amides is 3. The number of nitrogens with one attached hydrogen (secondary N) is 4. The zero-order chi connectivity index (χ0) is 35.9. The number of hydrogen-bond donors (Lipinski definition) is 4. The molecule has 1 aliphatic carbocycles. The number of H-pyrrole nitrogens is 1. The second-order valence-corrected chi connectivity index (χ2v) is 13.4. The zero-order valence-electron chi connectivity index (χ0n) is 28.8. The average molecular weight is 708 g/mol. The highest BCUT2D eigenvalue weighted by Gasteiger charge is 2.29. The van der Waals surface area contributed by atoms with Crippen molar-refractivity contribution in [3.8, 4) is 23.1 Å². The summed E-state index contributed by atoms with van der Waals surface area (Å²) in [6.45, 7) is 1.01. The molecule has 0 bridgehead atoms. The van der Waals surface area contributed by atoms with Crippen molar-refractivity contribution in [1.82, 2.24) is 35.4 Å². The number of imide groups is 1. The highest BCUT2D eigenvalue weighted by Crippen LogP contribution is 2.37. The molecule has 2 aliphatic rings. The van der Waals surface area contributed by atoms with Gasteiger partial charge in [0, 0.05) is 53.3 Å². The Bertz CT molecular complexity index is 2100. The molecular formula is C39H49N9O4. The molecule has 4 N–H and O–H groups in total. The van der Waals surface area contributed by atoms with E-state index < -0.39 is 0 Å². The summed E-state index contributed by atoms with van der Waals surface area (Å²) >= 11 is 0. The second-order valence-electron chi connectivity index (χ2n) is 13.4. The molecule has 1 aliphatic heterocycles. The van der Waals surface area contributed by atoms with E-state index in [1.165, 1.54) is 12.8 Å². The molecule has 2 aromatic carbocycles. The maximum Gasteiger partial charge on any atom is 0.251 e. The number of nitriles is 1. The zero-order valence-corrected chi connectivity index (χ0v) is 28.8. The maximum atomic E-state index is 12.8. The van der Waals surface area contributed by atoms with Crippen molar-refractivity contribution in [3.05, 3.63) is 84.3 Å². The normalized spacial score (nSPS) is 16.7. The standard InChI is InChI=1S/C39H41N9O4.4H2/c40-19-17-33(26-5-1-2-6-26)48-24-28(23-43-48)35-32-18-21-41-36(32)47-39(46-35)44-29-11-7-27(8-12-29)37(50)42-20-3-4-22-52-30-13-9-25(10-14-30)31-15-16-34(49)45-38(31)51;;;;/h7-14,18,21,23-24,26,31,33H,1-6,15-17,20,22H2,(H,42,50)(H,45,49,51)(H2,41,44,46,47);4*1H/t31?,33-;;;;/m1..../s1. The van der Waals surface area contributed by atoms with E-state index >= 15 is 0 Å². The van der Waals surface area contributed by atoms with E-state index in [-0.39, 0.29) is 35.4 Å². The molecule has 2 atom stereocenters. The van der Waals surface area contributed by atoms with E-state index in [2.05, 4.69) is 37.1 Å². The first-order chi connectivity index (χ1) is 25.4. The summed E-state index contributed by atoms with van der Waals surface area (Å²) in [4.78, 5) is 49.0. The lowest BCUT2D eigenvalue weighted by molar-refractivity contribution is -0.134. The van der Waals surface area contributed by atoms with Crippen LogP contribution in [0.3, 0.4) is 0 Å². The predicted molar refractivity (Wildman–Crippen MR) is 203 cm³/mol. The summed E-state index contributed by atoms with van der Waals surface area (Å²) in [5, 5.41) is 23.7. The van der Waals surface area contributed by atoms with Crippen molar-refractivity contribution in [1.29, 1.82) is 5.26 Å². The van der Waals surface area contributed by atoms with Gasteiger partial charge in [0.15, 0.2) is 0 Å². The van der Waals surface area contributed by atoms with Crippen molar-refractivity contribution in [2.75, 3.05) is 18.5 Å². The van der Waals surface area contributed by atoms with Crippen LogP contribution in [0.15, 0.2) is 73.2 Å². The number of piperidine rings is 1. The number of carbonyl (C=O) groups excluding carboxylic acids is 3. The number of nitrogens with zero attached hydrogens (tertiary/aromatic N) is 5. The molecule has 3 aromatic heterocycles. The Labute approximate surface area is 307 Å². The van der Waals surface area contributed by atoms with E-state index in [4.69, 9.17) is 9.72 Å². The number of aromatic nitrogens is 5. The molecule has 274 valence electrons. The number of hydrogen-bond acceptors (Lipinski definition) is 9. The summed E-state index contributed by atoms with van der Waals surface area (Å²) in [5.41, 5.74) is 4.43. The lowest BCUT2D eigenvalue weighted by Crippen LogP contribution is -2.39. The van der Waals surface area contributed by atoms with Crippen LogP contribution in [0.2, 0.25) is 0 Å². The summed E-state index contributed by atoms with van der Waals surface area (Å²) in [6.07, 6.45) is 13.1. The van der Waals surface area contributed by atoms with Gasteiger partial charge in [-0.15, -0.1) is 0 Å². The monoisotopic (exact) mass is 707 g/mol.